The van der Waals surface area contributed by atoms with E-state index >= 15 is 0 Å². The van der Waals surface area contributed by atoms with E-state index in [0.717, 1.165) is 27.0 Å². The third kappa shape index (κ3) is 3.34. The minimum Gasteiger partial charge on any atom is -0.488 e. The van der Waals surface area contributed by atoms with Gasteiger partial charge in [0.05, 0.1) is 11.3 Å². The van der Waals surface area contributed by atoms with Gasteiger partial charge in [0, 0.05) is 10.5 Å². The Morgan fingerprint density at radius 1 is 1.10 bits per heavy atom. The molecule has 2 aromatic carbocycles. The molecule has 3 nitrogen and oxygen atoms in total. The molecule has 0 fully saturated rings. The molecule has 0 radical (unpaired) electrons. The summed E-state index contributed by atoms with van der Waals surface area (Å²) >= 11 is 3.47. The van der Waals surface area contributed by atoms with E-state index in [1.54, 1.807) is 0 Å². The maximum Gasteiger partial charge on any atom is 0.170 e. The molecular weight excluding hydrogens is 330 g/mol. The monoisotopic (exact) mass is 343 g/mol. The molecule has 21 heavy (non-hydrogen) atoms. The molecule has 0 bridgehead atoms. The van der Waals surface area contributed by atoms with E-state index in [9.17, 15) is 0 Å². The molecule has 3 aromatic rings. The molecular formula is C17H14BrNO2. The van der Waals surface area contributed by atoms with Crippen LogP contribution in [0.2, 0.25) is 0 Å². The van der Waals surface area contributed by atoms with Crippen LogP contribution >= 0.6 is 15.9 Å². The minimum atomic E-state index is 0.511. The highest BCUT2D eigenvalue weighted by atomic mass is 79.9. The molecule has 0 aliphatic carbocycles. The highest BCUT2D eigenvalue weighted by molar-refractivity contribution is 9.10. The topological polar surface area (TPSA) is 35.3 Å². The lowest BCUT2D eigenvalue weighted by atomic mass is 10.1. The van der Waals surface area contributed by atoms with E-state index in [1.165, 1.54) is 0 Å². The van der Waals surface area contributed by atoms with Gasteiger partial charge in [-0.05, 0) is 30.7 Å². The summed E-state index contributed by atoms with van der Waals surface area (Å²) < 4.78 is 12.3. The Morgan fingerprint density at radius 2 is 1.90 bits per heavy atom. The molecule has 0 aliphatic heterocycles. The van der Waals surface area contributed by atoms with Crippen molar-refractivity contribution in [3.05, 3.63) is 70.3 Å². The second kappa shape index (κ2) is 6.14. The van der Waals surface area contributed by atoms with Crippen LogP contribution < -0.4 is 4.74 Å². The smallest absolute Gasteiger partial charge is 0.170 e. The van der Waals surface area contributed by atoms with Gasteiger partial charge in [-0.15, -0.1) is 0 Å². The van der Waals surface area contributed by atoms with Gasteiger partial charge in [-0.25, -0.2) is 0 Å². The number of hydrogen-bond donors (Lipinski definition) is 0. The van der Waals surface area contributed by atoms with Gasteiger partial charge >= 0.3 is 0 Å². The predicted molar refractivity (Wildman–Crippen MR) is 85.2 cm³/mol. The van der Waals surface area contributed by atoms with Crippen LogP contribution in [0.5, 0.6) is 5.75 Å². The molecule has 1 heterocycles. The summed E-state index contributed by atoms with van der Waals surface area (Å²) in [5, 5.41) is 3.93. The van der Waals surface area contributed by atoms with Crippen LogP contribution in [-0.4, -0.2) is 5.16 Å². The maximum atomic E-state index is 5.95. The number of hydrogen-bond acceptors (Lipinski definition) is 3. The van der Waals surface area contributed by atoms with Crippen LogP contribution in [0.25, 0.3) is 11.3 Å². The Labute approximate surface area is 131 Å². The lowest BCUT2D eigenvalue weighted by molar-refractivity contribution is 0.306. The number of benzene rings is 2. The number of aromatic nitrogens is 1. The van der Waals surface area contributed by atoms with Gasteiger partial charge in [-0.2, -0.15) is 0 Å². The highest BCUT2D eigenvalue weighted by Crippen LogP contribution is 2.33. The largest absolute Gasteiger partial charge is 0.488 e. The van der Waals surface area contributed by atoms with E-state index in [4.69, 9.17) is 9.26 Å². The van der Waals surface area contributed by atoms with Gasteiger partial charge < -0.3 is 9.26 Å². The van der Waals surface area contributed by atoms with Crippen LogP contribution in [0.15, 0.2) is 63.6 Å². The van der Waals surface area contributed by atoms with Crippen LogP contribution in [0.4, 0.5) is 0 Å². The molecule has 0 amide bonds. The summed E-state index contributed by atoms with van der Waals surface area (Å²) in [5.74, 6) is 1.48. The highest BCUT2D eigenvalue weighted by Gasteiger charge is 2.12. The Bertz CT molecular complexity index is 738. The summed E-state index contributed by atoms with van der Waals surface area (Å²) in [6, 6.07) is 17.8. The summed E-state index contributed by atoms with van der Waals surface area (Å²) in [7, 11) is 0. The molecule has 0 atom stereocenters. The second-order valence-corrected chi connectivity index (χ2v) is 5.66. The summed E-state index contributed by atoms with van der Waals surface area (Å²) in [5.41, 5.74) is 2.87. The molecule has 0 aliphatic rings. The Kier molecular flexibility index (Phi) is 4.06. The van der Waals surface area contributed by atoms with Crippen molar-refractivity contribution < 1.29 is 9.26 Å². The van der Waals surface area contributed by atoms with E-state index < -0.39 is 0 Å². The average Bonchev–Trinajstić information content (AvgIpc) is 2.93. The SMILES string of the molecule is Cc1cc(-c2ccc(Br)cc2OCc2ccccc2)on1. The van der Waals surface area contributed by atoms with Crippen LogP contribution in [-0.2, 0) is 6.61 Å². The van der Waals surface area contributed by atoms with Gasteiger partial charge in [0.15, 0.2) is 5.76 Å². The predicted octanol–water partition coefficient (Wildman–Crippen LogP) is 4.99. The van der Waals surface area contributed by atoms with Crippen molar-refractivity contribution in [2.24, 2.45) is 0 Å². The minimum absolute atomic E-state index is 0.511. The zero-order valence-electron chi connectivity index (χ0n) is 11.5. The van der Waals surface area contributed by atoms with Crippen LogP contribution in [0, 0.1) is 6.92 Å². The standard InChI is InChI=1S/C17H14BrNO2/c1-12-9-17(21-19-12)15-8-7-14(18)10-16(15)20-11-13-5-3-2-4-6-13/h2-10H,11H2,1H3. The molecule has 0 unspecified atom stereocenters. The second-order valence-electron chi connectivity index (χ2n) is 4.75. The van der Waals surface area contributed by atoms with E-state index in [2.05, 4.69) is 21.1 Å². The molecule has 106 valence electrons. The third-order valence-corrected chi connectivity index (χ3v) is 3.57. The molecule has 1 aromatic heterocycles. The first-order valence-electron chi connectivity index (χ1n) is 6.62. The van der Waals surface area contributed by atoms with Gasteiger partial charge in [0.2, 0.25) is 0 Å². The van der Waals surface area contributed by atoms with E-state index in [0.29, 0.717) is 12.4 Å². The van der Waals surface area contributed by atoms with Crippen molar-refractivity contribution >= 4 is 15.9 Å². The molecule has 0 saturated carbocycles. The van der Waals surface area contributed by atoms with Crippen molar-refractivity contribution in [2.45, 2.75) is 13.5 Å². The molecule has 3 rings (SSSR count). The zero-order chi connectivity index (χ0) is 14.7. The van der Waals surface area contributed by atoms with Gasteiger partial charge in [0.1, 0.15) is 12.4 Å². The average molecular weight is 344 g/mol. The van der Waals surface area contributed by atoms with Crippen molar-refractivity contribution in [2.75, 3.05) is 0 Å². The van der Waals surface area contributed by atoms with Gasteiger partial charge in [-0.3, -0.25) is 0 Å². The zero-order valence-corrected chi connectivity index (χ0v) is 13.1. The Morgan fingerprint density at radius 3 is 2.62 bits per heavy atom. The van der Waals surface area contributed by atoms with Crippen molar-refractivity contribution in [3.8, 4) is 17.1 Å². The first-order valence-corrected chi connectivity index (χ1v) is 7.41. The summed E-state index contributed by atoms with van der Waals surface area (Å²) in [4.78, 5) is 0. The molecule has 0 saturated heterocycles. The third-order valence-electron chi connectivity index (χ3n) is 3.07. The van der Waals surface area contributed by atoms with Gasteiger partial charge in [-0.1, -0.05) is 51.4 Å². The van der Waals surface area contributed by atoms with E-state index in [1.807, 2.05) is 61.5 Å². The number of nitrogens with zero attached hydrogens (tertiary/aromatic N) is 1. The van der Waals surface area contributed by atoms with Crippen LogP contribution in [0.3, 0.4) is 0 Å². The normalized spacial score (nSPS) is 10.6. The summed E-state index contributed by atoms with van der Waals surface area (Å²) in [6.45, 7) is 2.41. The quantitative estimate of drug-likeness (QED) is 0.669. The van der Waals surface area contributed by atoms with Crippen molar-refractivity contribution in [1.82, 2.24) is 5.16 Å². The van der Waals surface area contributed by atoms with Crippen molar-refractivity contribution in [1.29, 1.82) is 0 Å². The van der Waals surface area contributed by atoms with Gasteiger partial charge in [0.25, 0.3) is 0 Å². The Hall–Kier alpha value is -2.07. The number of rotatable bonds is 4. The van der Waals surface area contributed by atoms with Crippen molar-refractivity contribution in [3.63, 3.8) is 0 Å². The first-order chi connectivity index (χ1) is 10.2. The fourth-order valence-corrected chi connectivity index (χ4v) is 2.39. The lowest BCUT2D eigenvalue weighted by Gasteiger charge is -2.10. The fourth-order valence-electron chi connectivity index (χ4n) is 2.04. The lowest BCUT2D eigenvalue weighted by Crippen LogP contribution is -1.96. The number of halogens is 1. The van der Waals surface area contributed by atoms with E-state index in [-0.39, 0.29) is 0 Å². The number of ether oxygens (including phenoxy) is 1. The molecule has 0 N–H and O–H groups in total. The fraction of sp³-hybridized carbons (Fsp3) is 0.118. The van der Waals surface area contributed by atoms with Crippen LogP contribution in [0.1, 0.15) is 11.3 Å². The maximum absolute atomic E-state index is 5.95. The summed E-state index contributed by atoms with van der Waals surface area (Å²) in [6.07, 6.45) is 0. The molecule has 4 heteroatoms. The molecule has 0 spiro atoms. The first kappa shape index (κ1) is 13.9. The Balaban J connectivity index is 1.88. The number of aryl methyl sites for hydroxylation is 1.